The van der Waals surface area contributed by atoms with Crippen LogP contribution in [0.2, 0.25) is 0 Å². The molecule has 18 heavy (non-hydrogen) atoms. The highest BCUT2D eigenvalue weighted by Gasteiger charge is 2.24. The van der Waals surface area contributed by atoms with Crippen molar-refractivity contribution < 1.29 is 13.2 Å². The van der Waals surface area contributed by atoms with E-state index in [1.54, 1.807) is 26.2 Å². The van der Waals surface area contributed by atoms with Gasteiger partial charge in [0, 0.05) is 11.6 Å². The average Bonchev–Trinajstić information content (AvgIpc) is 2.36. The highest BCUT2D eigenvalue weighted by Crippen LogP contribution is 2.25. The van der Waals surface area contributed by atoms with E-state index in [1.165, 1.54) is 0 Å². The first kappa shape index (κ1) is 15.0. The van der Waals surface area contributed by atoms with E-state index >= 15 is 0 Å². The summed E-state index contributed by atoms with van der Waals surface area (Å²) >= 11 is 0. The quantitative estimate of drug-likeness (QED) is 0.858. The van der Waals surface area contributed by atoms with Crippen LogP contribution in [0.3, 0.4) is 0 Å². The van der Waals surface area contributed by atoms with Crippen molar-refractivity contribution in [3.05, 3.63) is 29.8 Å². The molecular weight excluding hydrogens is 250 g/mol. The Kier molecular flexibility index (Phi) is 5.16. The van der Waals surface area contributed by atoms with Gasteiger partial charge in [-0.25, -0.2) is 8.42 Å². The molecule has 1 aromatic rings. The number of rotatable bonds is 6. The second kappa shape index (κ2) is 6.20. The van der Waals surface area contributed by atoms with Crippen molar-refractivity contribution in [1.29, 1.82) is 0 Å². The fourth-order valence-electron chi connectivity index (χ4n) is 1.73. The van der Waals surface area contributed by atoms with Crippen molar-refractivity contribution >= 4 is 9.84 Å². The predicted molar refractivity (Wildman–Crippen MR) is 73.5 cm³/mol. The lowest BCUT2D eigenvalue weighted by Crippen LogP contribution is -2.28. The Morgan fingerprint density at radius 1 is 1.33 bits per heavy atom. The van der Waals surface area contributed by atoms with Gasteiger partial charge in [0.2, 0.25) is 0 Å². The summed E-state index contributed by atoms with van der Waals surface area (Å²) in [4.78, 5) is 0. The molecule has 0 aliphatic carbocycles. The van der Waals surface area contributed by atoms with Crippen molar-refractivity contribution in [3.63, 3.8) is 0 Å². The number of nitrogens with two attached hydrogens (primary N) is 1. The van der Waals surface area contributed by atoms with Crippen LogP contribution in [0.1, 0.15) is 31.9 Å². The monoisotopic (exact) mass is 271 g/mol. The molecule has 5 heteroatoms. The van der Waals surface area contributed by atoms with Crippen LogP contribution < -0.4 is 10.5 Å². The Morgan fingerprint density at radius 3 is 2.50 bits per heavy atom. The van der Waals surface area contributed by atoms with Gasteiger partial charge in [0.25, 0.3) is 0 Å². The lowest BCUT2D eigenvalue weighted by atomic mass is 10.1. The van der Waals surface area contributed by atoms with Gasteiger partial charge < -0.3 is 10.5 Å². The van der Waals surface area contributed by atoms with Crippen molar-refractivity contribution in [1.82, 2.24) is 0 Å². The second-order valence-electron chi connectivity index (χ2n) is 4.40. The van der Waals surface area contributed by atoms with Crippen LogP contribution in [0, 0.1) is 0 Å². The SMILES string of the molecule is CCC(C)S(=O)(=O)CC(N)c1ccccc1OC. The number of benzene rings is 1. The molecule has 1 aromatic carbocycles. The van der Waals surface area contributed by atoms with Gasteiger partial charge in [0.15, 0.2) is 9.84 Å². The highest BCUT2D eigenvalue weighted by atomic mass is 32.2. The van der Waals surface area contributed by atoms with Crippen LogP contribution in [0.5, 0.6) is 5.75 Å². The second-order valence-corrected chi connectivity index (χ2v) is 6.86. The number of sulfone groups is 1. The van der Waals surface area contributed by atoms with Gasteiger partial charge in [0.1, 0.15) is 5.75 Å². The van der Waals surface area contributed by atoms with Gasteiger partial charge in [-0.2, -0.15) is 0 Å². The van der Waals surface area contributed by atoms with Crippen LogP contribution >= 0.6 is 0 Å². The molecule has 4 nitrogen and oxygen atoms in total. The van der Waals surface area contributed by atoms with Crippen molar-refractivity contribution in [2.24, 2.45) is 5.73 Å². The number of hydrogen-bond donors (Lipinski definition) is 1. The van der Waals surface area contributed by atoms with Gasteiger partial charge in [-0.05, 0) is 19.4 Å². The Morgan fingerprint density at radius 2 is 1.94 bits per heavy atom. The minimum atomic E-state index is -3.16. The fraction of sp³-hybridized carbons (Fsp3) is 0.538. The van der Waals surface area contributed by atoms with Gasteiger partial charge in [-0.15, -0.1) is 0 Å². The average molecular weight is 271 g/mol. The minimum Gasteiger partial charge on any atom is -0.496 e. The summed E-state index contributed by atoms with van der Waals surface area (Å²) in [5.41, 5.74) is 6.72. The molecule has 0 bridgehead atoms. The molecular formula is C13H21NO3S. The first-order valence-corrected chi connectivity index (χ1v) is 7.74. The van der Waals surface area contributed by atoms with Gasteiger partial charge in [-0.1, -0.05) is 25.1 Å². The van der Waals surface area contributed by atoms with Crippen molar-refractivity contribution in [2.75, 3.05) is 12.9 Å². The molecule has 0 saturated carbocycles. The minimum absolute atomic E-state index is 0.0532. The molecule has 0 spiro atoms. The number of ether oxygens (including phenoxy) is 1. The molecule has 0 saturated heterocycles. The smallest absolute Gasteiger partial charge is 0.154 e. The van der Waals surface area contributed by atoms with E-state index in [-0.39, 0.29) is 11.0 Å². The molecule has 0 radical (unpaired) electrons. The Labute approximate surface area is 109 Å². The molecule has 0 aliphatic rings. The molecule has 1 rings (SSSR count). The third kappa shape index (κ3) is 3.46. The summed E-state index contributed by atoms with van der Waals surface area (Å²) < 4.78 is 29.2. The number of para-hydroxylation sites is 1. The molecule has 0 aliphatic heterocycles. The van der Waals surface area contributed by atoms with E-state index in [2.05, 4.69) is 0 Å². The highest BCUT2D eigenvalue weighted by molar-refractivity contribution is 7.92. The summed E-state index contributed by atoms with van der Waals surface area (Å²) in [6.07, 6.45) is 0.598. The number of hydrogen-bond acceptors (Lipinski definition) is 4. The Balaban J connectivity index is 2.92. The standard InChI is InChI=1S/C13H21NO3S/c1-4-10(2)18(15,16)9-12(14)11-7-5-6-8-13(11)17-3/h5-8,10,12H,4,9,14H2,1-3H3. The van der Waals surface area contributed by atoms with E-state index in [4.69, 9.17) is 10.5 Å². The van der Waals surface area contributed by atoms with Crippen molar-refractivity contribution in [3.8, 4) is 5.75 Å². The van der Waals surface area contributed by atoms with Gasteiger partial charge >= 0.3 is 0 Å². The van der Waals surface area contributed by atoms with Crippen molar-refractivity contribution in [2.45, 2.75) is 31.6 Å². The number of methoxy groups -OCH3 is 1. The maximum absolute atomic E-state index is 12.0. The summed E-state index contributed by atoms with van der Waals surface area (Å²) in [7, 11) is -1.61. The Bertz CT molecular complexity index is 485. The lowest BCUT2D eigenvalue weighted by Gasteiger charge is -2.18. The maximum atomic E-state index is 12.0. The molecule has 2 atom stereocenters. The van der Waals surface area contributed by atoms with E-state index in [1.807, 2.05) is 19.1 Å². The molecule has 102 valence electrons. The Hall–Kier alpha value is -1.07. The zero-order valence-electron chi connectivity index (χ0n) is 11.1. The van der Waals surface area contributed by atoms with E-state index in [0.29, 0.717) is 12.2 Å². The first-order chi connectivity index (χ1) is 8.42. The van der Waals surface area contributed by atoms with Gasteiger partial charge in [0.05, 0.1) is 18.1 Å². The van der Waals surface area contributed by atoms with Crippen LogP contribution in [-0.4, -0.2) is 26.5 Å². The molecule has 2 unspecified atom stereocenters. The summed E-state index contributed by atoms with van der Waals surface area (Å²) in [6.45, 7) is 3.57. The lowest BCUT2D eigenvalue weighted by molar-refractivity contribution is 0.407. The largest absolute Gasteiger partial charge is 0.496 e. The normalized spacial score (nSPS) is 15.1. The molecule has 0 amide bonds. The zero-order valence-corrected chi connectivity index (χ0v) is 11.9. The first-order valence-electron chi connectivity index (χ1n) is 6.02. The summed E-state index contributed by atoms with van der Waals surface area (Å²) in [6, 6.07) is 6.69. The summed E-state index contributed by atoms with van der Waals surface area (Å²) in [5, 5.41) is -0.363. The molecule has 2 N–H and O–H groups in total. The van der Waals surface area contributed by atoms with E-state index < -0.39 is 15.9 Å². The summed E-state index contributed by atoms with van der Waals surface area (Å²) in [5.74, 6) is 0.576. The molecule has 0 heterocycles. The molecule has 0 fully saturated rings. The topological polar surface area (TPSA) is 69.4 Å². The zero-order chi connectivity index (χ0) is 13.8. The third-order valence-electron chi connectivity index (χ3n) is 3.14. The third-order valence-corrected chi connectivity index (χ3v) is 5.52. The van der Waals surface area contributed by atoms with E-state index in [9.17, 15) is 8.42 Å². The van der Waals surface area contributed by atoms with Crippen LogP contribution in [0.4, 0.5) is 0 Å². The van der Waals surface area contributed by atoms with Gasteiger partial charge in [-0.3, -0.25) is 0 Å². The van der Waals surface area contributed by atoms with Crippen LogP contribution in [-0.2, 0) is 9.84 Å². The predicted octanol–water partition coefficient (Wildman–Crippen LogP) is 1.91. The van der Waals surface area contributed by atoms with Crippen LogP contribution in [0.25, 0.3) is 0 Å². The van der Waals surface area contributed by atoms with Crippen LogP contribution in [0.15, 0.2) is 24.3 Å². The molecule has 0 aromatic heterocycles. The van der Waals surface area contributed by atoms with E-state index in [0.717, 1.165) is 5.56 Å². The maximum Gasteiger partial charge on any atom is 0.154 e. The fourth-order valence-corrected chi connectivity index (χ4v) is 3.25.